The molecule has 1 heterocycles. The van der Waals surface area contributed by atoms with E-state index in [0.29, 0.717) is 0 Å². The van der Waals surface area contributed by atoms with Gasteiger partial charge in [0, 0.05) is 19.7 Å². The van der Waals surface area contributed by atoms with Crippen molar-refractivity contribution in [2.24, 2.45) is 5.92 Å². The molecule has 0 radical (unpaired) electrons. The number of hydrogen-bond donors (Lipinski definition) is 0. The Balaban J connectivity index is 0. The summed E-state index contributed by atoms with van der Waals surface area (Å²) in [4.78, 5) is 4.97. The zero-order valence-electron chi connectivity index (χ0n) is 18.5. The van der Waals surface area contributed by atoms with Crippen LogP contribution in [-0.4, -0.2) is 76.0 Å². The summed E-state index contributed by atoms with van der Waals surface area (Å²) in [6.45, 7) is 21.6. The van der Waals surface area contributed by atoms with Crippen LogP contribution in [0, 0.1) is 5.92 Å². The van der Waals surface area contributed by atoms with Crippen molar-refractivity contribution in [3.63, 3.8) is 0 Å². The molecule has 0 aromatic carbocycles. The lowest BCUT2D eigenvalue weighted by molar-refractivity contribution is 0.0331. The molecule has 0 aliphatic carbocycles. The highest BCUT2D eigenvalue weighted by molar-refractivity contribution is 4.74. The Labute approximate surface area is 159 Å². The first kappa shape index (κ1) is 27.1. The second kappa shape index (κ2) is 21.9. The minimum absolute atomic E-state index is 0.738. The first-order chi connectivity index (χ1) is 12.3. The number of nitrogens with zero attached hydrogens (tertiary/aromatic N) is 2. The van der Waals surface area contributed by atoms with Gasteiger partial charge in [0.1, 0.15) is 0 Å². The van der Waals surface area contributed by atoms with Crippen molar-refractivity contribution in [1.82, 2.24) is 9.80 Å². The number of unbranched alkanes of at least 4 members (excludes halogenated alkanes) is 1. The highest BCUT2D eigenvalue weighted by atomic mass is 16.5. The maximum atomic E-state index is 5.65. The molecule has 0 bridgehead atoms. The van der Waals surface area contributed by atoms with E-state index in [1.54, 1.807) is 0 Å². The number of hydrogen-bond acceptors (Lipinski definition) is 4. The first-order valence-electron chi connectivity index (χ1n) is 10.8. The molecule has 1 aliphatic rings. The van der Waals surface area contributed by atoms with Crippen molar-refractivity contribution in [1.29, 1.82) is 0 Å². The molecule has 1 rings (SSSR count). The molecule has 1 saturated heterocycles. The maximum Gasteiger partial charge on any atom is 0.0701 e. The third-order valence-electron chi connectivity index (χ3n) is 4.38. The van der Waals surface area contributed by atoms with E-state index in [4.69, 9.17) is 9.47 Å². The Morgan fingerprint density at radius 1 is 0.880 bits per heavy atom. The van der Waals surface area contributed by atoms with E-state index in [9.17, 15) is 0 Å². The molecule has 25 heavy (non-hydrogen) atoms. The van der Waals surface area contributed by atoms with Crippen molar-refractivity contribution in [2.45, 2.75) is 67.2 Å². The molecule has 4 nitrogen and oxygen atoms in total. The van der Waals surface area contributed by atoms with Gasteiger partial charge in [-0.15, -0.1) is 0 Å². The molecule has 0 atom stereocenters. The third-order valence-corrected chi connectivity index (χ3v) is 4.38. The lowest BCUT2D eigenvalue weighted by atomic mass is 9.96. The standard InChI is InChI=1S/C17H36N2O2.2C2H6/c1-4-6-12-20-14-15-21-13-11-19-9-7-17(8-10-19)16-18(3)5-2;2*1-2/h17H,4-16H2,1-3H3;2*1-2H3. The summed E-state index contributed by atoms with van der Waals surface area (Å²) >= 11 is 0. The summed E-state index contributed by atoms with van der Waals surface area (Å²) in [6.07, 6.45) is 5.03. The molecule has 0 N–H and O–H groups in total. The number of rotatable bonds is 12. The van der Waals surface area contributed by atoms with Gasteiger partial charge in [0.2, 0.25) is 0 Å². The van der Waals surface area contributed by atoms with Crippen LogP contribution in [0.1, 0.15) is 67.2 Å². The molecule has 154 valence electrons. The van der Waals surface area contributed by atoms with Crippen LogP contribution in [0.2, 0.25) is 0 Å². The van der Waals surface area contributed by atoms with Crippen molar-refractivity contribution in [3.8, 4) is 0 Å². The van der Waals surface area contributed by atoms with Crippen LogP contribution in [-0.2, 0) is 9.47 Å². The van der Waals surface area contributed by atoms with E-state index < -0.39 is 0 Å². The zero-order chi connectivity index (χ0) is 19.3. The molecule has 4 heteroatoms. The number of ether oxygens (including phenoxy) is 2. The fraction of sp³-hybridized carbons (Fsp3) is 1.00. The largest absolute Gasteiger partial charge is 0.379 e. The molecule has 0 amide bonds. The molecule has 0 unspecified atom stereocenters. The molecule has 0 aromatic heterocycles. The number of likely N-dealkylation sites (tertiary alicyclic amines) is 1. The van der Waals surface area contributed by atoms with Crippen LogP contribution < -0.4 is 0 Å². The fourth-order valence-corrected chi connectivity index (χ4v) is 2.72. The molecule has 0 aromatic rings. The second-order valence-electron chi connectivity index (χ2n) is 6.22. The normalized spacial score (nSPS) is 15.4. The minimum Gasteiger partial charge on any atom is -0.379 e. The van der Waals surface area contributed by atoms with Crippen LogP contribution in [0.5, 0.6) is 0 Å². The summed E-state index contributed by atoms with van der Waals surface area (Å²) in [5.74, 6) is 0.888. The maximum absolute atomic E-state index is 5.65. The summed E-state index contributed by atoms with van der Waals surface area (Å²) in [6, 6.07) is 0. The van der Waals surface area contributed by atoms with E-state index in [2.05, 4.69) is 30.7 Å². The topological polar surface area (TPSA) is 24.9 Å². The number of piperidine rings is 1. The van der Waals surface area contributed by atoms with Crippen molar-refractivity contribution < 1.29 is 9.47 Å². The predicted molar refractivity (Wildman–Crippen MR) is 112 cm³/mol. The highest BCUT2D eigenvalue weighted by Gasteiger charge is 2.19. The van der Waals surface area contributed by atoms with Gasteiger partial charge in [0.15, 0.2) is 0 Å². The van der Waals surface area contributed by atoms with Gasteiger partial charge in [-0.2, -0.15) is 0 Å². The van der Waals surface area contributed by atoms with Crippen molar-refractivity contribution in [2.75, 3.05) is 66.2 Å². The molecule has 0 spiro atoms. The fourth-order valence-electron chi connectivity index (χ4n) is 2.72. The quantitative estimate of drug-likeness (QED) is 0.477. The second-order valence-corrected chi connectivity index (χ2v) is 6.22. The smallest absolute Gasteiger partial charge is 0.0701 e. The van der Waals surface area contributed by atoms with E-state index in [1.165, 1.54) is 38.9 Å². The van der Waals surface area contributed by atoms with Gasteiger partial charge in [-0.05, 0) is 51.9 Å². The van der Waals surface area contributed by atoms with Gasteiger partial charge in [-0.3, -0.25) is 0 Å². The van der Waals surface area contributed by atoms with E-state index in [0.717, 1.165) is 51.9 Å². The lowest BCUT2D eigenvalue weighted by Crippen LogP contribution is -2.39. The Bertz CT molecular complexity index is 232. The first-order valence-corrected chi connectivity index (χ1v) is 10.8. The Kier molecular flexibility index (Phi) is 23.7. The molecular weight excluding hydrogens is 312 g/mol. The van der Waals surface area contributed by atoms with E-state index in [-0.39, 0.29) is 0 Å². The predicted octanol–water partition coefficient (Wildman–Crippen LogP) is 4.54. The molecule has 0 saturated carbocycles. The van der Waals surface area contributed by atoms with Gasteiger partial charge < -0.3 is 19.3 Å². The van der Waals surface area contributed by atoms with Crippen LogP contribution >= 0.6 is 0 Å². The Morgan fingerprint density at radius 3 is 1.96 bits per heavy atom. The monoisotopic (exact) mass is 360 g/mol. The van der Waals surface area contributed by atoms with Gasteiger partial charge in [0.25, 0.3) is 0 Å². The van der Waals surface area contributed by atoms with Crippen LogP contribution in [0.15, 0.2) is 0 Å². The summed E-state index contributed by atoms with van der Waals surface area (Å²) in [7, 11) is 2.22. The van der Waals surface area contributed by atoms with Crippen molar-refractivity contribution >= 4 is 0 Å². The van der Waals surface area contributed by atoms with Gasteiger partial charge in [-0.25, -0.2) is 0 Å². The summed E-state index contributed by atoms with van der Waals surface area (Å²) in [5, 5.41) is 0. The highest BCUT2D eigenvalue weighted by Crippen LogP contribution is 2.17. The molecular formula is C21H48N2O2. The average molecular weight is 361 g/mol. The zero-order valence-corrected chi connectivity index (χ0v) is 18.5. The molecule has 1 fully saturated rings. The third kappa shape index (κ3) is 17.0. The lowest BCUT2D eigenvalue weighted by Gasteiger charge is -2.33. The minimum atomic E-state index is 0.738. The van der Waals surface area contributed by atoms with Gasteiger partial charge in [0.05, 0.1) is 19.8 Å². The Hall–Kier alpha value is -0.160. The summed E-state index contributed by atoms with van der Waals surface area (Å²) in [5.41, 5.74) is 0. The van der Waals surface area contributed by atoms with Crippen LogP contribution in [0.25, 0.3) is 0 Å². The van der Waals surface area contributed by atoms with Gasteiger partial charge >= 0.3 is 0 Å². The average Bonchev–Trinajstić information content (AvgIpc) is 2.68. The van der Waals surface area contributed by atoms with Crippen LogP contribution in [0.4, 0.5) is 0 Å². The van der Waals surface area contributed by atoms with Gasteiger partial charge in [-0.1, -0.05) is 48.0 Å². The summed E-state index contributed by atoms with van der Waals surface area (Å²) < 4.78 is 11.1. The van der Waals surface area contributed by atoms with E-state index >= 15 is 0 Å². The van der Waals surface area contributed by atoms with E-state index in [1.807, 2.05) is 27.7 Å². The molecule has 1 aliphatic heterocycles. The Morgan fingerprint density at radius 2 is 1.44 bits per heavy atom. The van der Waals surface area contributed by atoms with Crippen molar-refractivity contribution in [3.05, 3.63) is 0 Å². The van der Waals surface area contributed by atoms with Crippen LogP contribution in [0.3, 0.4) is 0 Å². The SMILES string of the molecule is CC.CC.CCCCOCCOCCN1CCC(CN(C)CC)CC1.